The van der Waals surface area contributed by atoms with Crippen LogP contribution in [0.4, 0.5) is 0 Å². The summed E-state index contributed by atoms with van der Waals surface area (Å²) in [5, 5.41) is 10.1. The molecule has 1 heterocycles. The summed E-state index contributed by atoms with van der Waals surface area (Å²) in [5.41, 5.74) is 2.16. The molecule has 0 amide bonds. The first-order valence-electron chi connectivity index (χ1n) is 9.69. The van der Waals surface area contributed by atoms with Crippen LogP contribution >= 0.6 is 27.7 Å². The Hall–Kier alpha value is -2.03. The highest BCUT2D eigenvalue weighted by molar-refractivity contribution is 9.10. The molecule has 28 heavy (non-hydrogen) atoms. The summed E-state index contributed by atoms with van der Waals surface area (Å²) in [7, 11) is 0. The Kier molecular flexibility index (Phi) is 6.51. The molecule has 1 aliphatic carbocycles. The van der Waals surface area contributed by atoms with E-state index in [0.29, 0.717) is 11.8 Å². The normalized spacial score (nSPS) is 14.5. The Labute approximate surface area is 179 Å². The monoisotopic (exact) mass is 451 g/mol. The maximum Gasteiger partial charge on any atom is 0.192 e. The van der Waals surface area contributed by atoms with Crippen molar-refractivity contribution in [2.45, 2.75) is 43.3 Å². The van der Waals surface area contributed by atoms with Crippen molar-refractivity contribution in [3.8, 4) is 23.2 Å². The molecule has 1 fully saturated rings. The summed E-state index contributed by atoms with van der Waals surface area (Å²) in [5.74, 6) is 8.17. The lowest BCUT2D eigenvalue weighted by Crippen LogP contribution is -2.15. The van der Waals surface area contributed by atoms with Gasteiger partial charge in [-0.1, -0.05) is 89.1 Å². The van der Waals surface area contributed by atoms with Gasteiger partial charge in [0.25, 0.3) is 0 Å². The van der Waals surface area contributed by atoms with Crippen molar-refractivity contribution in [1.82, 2.24) is 14.8 Å². The molecule has 0 saturated heterocycles. The van der Waals surface area contributed by atoms with Crippen molar-refractivity contribution < 1.29 is 0 Å². The molecule has 0 unspecified atom stereocenters. The molecule has 1 aliphatic rings. The Balaban J connectivity index is 1.58. The molecular formula is C23H22BrN3S. The van der Waals surface area contributed by atoms with Crippen LogP contribution in [0, 0.1) is 11.8 Å². The largest absolute Gasteiger partial charge is 0.299 e. The van der Waals surface area contributed by atoms with Gasteiger partial charge >= 0.3 is 0 Å². The smallest absolute Gasteiger partial charge is 0.192 e. The van der Waals surface area contributed by atoms with Gasteiger partial charge in [-0.2, -0.15) is 0 Å². The molecule has 0 atom stereocenters. The molecule has 0 N–H and O–H groups in total. The van der Waals surface area contributed by atoms with Crippen LogP contribution < -0.4 is 0 Å². The van der Waals surface area contributed by atoms with E-state index in [1.165, 1.54) is 32.1 Å². The number of nitrogens with zero attached hydrogens (tertiary/aromatic N) is 3. The van der Waals surface area contributed by atoms with E-state index in [2.05, 4.69) is 66.8 Å². The highest BCUT2D eigenvalue weighted by Gasteiger charge is 2.23. The van der Waals surface area contributed by atoms with Gasteiger partial charge < -0.3 is 0 Å². The number of hydrogen-bond donors (Lipinski definition) is 0. The highest BCUT2D eigenvalue weighted by atomic mass is 79.9. The van der Waals surface area contributed by atoms with Crippen LogP contribution in [0.5, 0.6) is 0 Å². The zero-order chi connectivity index (χ0) is 19.2. The first-order valence-corrected chi connectivity index (χ1v) is 11.5. The van der Waals surface area contributed by atoms with Crippen molar-refractivity contribution in [3.63, 3.8) is 0 Å². The molecule has 0 radical (unpaired) electrons. The number of halogens is 1. The molecule has 0 aliphatic heterocycles. The lowest BCUT2D eigenvalue weighted by Gasteiger charge is -2.25. The minimum absolute atomic E-state index is 0.479. The Morgan fingerprint density at radius 3 is 2.46 bits per heavy atom. The first kappa shape index (κ1) is 19.3. The lowest BCUT2D eigenvalue weighted by atomic mass is 9.95. The molecule has 1 aromatic heterocycles. The Morgan fingerprint density at radius 2 is 1.71 bits per heavy atom. The summed E-state index contributed by atoms with van der Waals surface area (Å²) in [6.45, 7) is 0. The lowest BCUT2D eigenvalue weighted by molar-refractivity contribution is 0.339. The summed E-state index contributed by atoms with van der Waals surface area (Å²) >= 11 is 5.20. The molecule has 4 rings (SSSR count). The topological polar surface area (TPSA) is 30.7 Å². The average Bonchev–Trinajstić information content (AvgIpc) is 3.17. The molecule has 142 valence electrons. The van der Waals surface area contributed by atoms with E-state index in [9.17, 15) is 0 Å². The van der Waals surface area contributed by atoms with E-state index in [1.807, 2.05) is 30.3 Å². The van der Waals surface area contributed by atoms with Crippen LogP contribution in [0.15, 0.2) is 64.2 Å². The van der Waals surface area contributed by atoms with Gasteiger partial charge in [0.05, 0.1) is 5.75 Å². The van der Waals surface area contributed by atoms with E-state index < -0.39 is 0 Å². The number of thioether (sulfide) groups is 1. The van der Waals surface area contributed by atoms with Gasteiger partial charge in [0.1, 0.15) is 0 Å². The fourth-order valence-electron chi connectivity index (χ4n) is 3.60. The fourth-order valence-corrected chi connectivity index (χ4v) is 4.61. The second-order valence-electron chi connectivity index (χ2n) is 6.93. The molecule has 0 bridgehead atoms. The second kappa shape index (κ2) is 9.45. The van der Waals surface area contributed by atoms with Crippen molar-refractivity contribution in [2.75, 3.05) is 5.75 Å². The van der Waals surface area contributed by atoms with Crippen LogP contribution in [-0.4, -0.2) is 20.5 Å². The van der Waals surface area contributed by atoms with Gasteiger partial charge in [0, 0.05) is 21.6 Å². The maximum atomic E-state index is 4.56. The van der Waals surface area contributed by atoms with E-state index >= 15 is 0 Å². The molecule has 5 heteroatoms. The van der Waals surface area contributed by atoms with Gasteiger partial charge in [-0.3, -0.25) is 4.57 Å². The van der Waals surface area contributed by atoms with Crippen LogP contribution in [0.25, 0.3) is 11.4 Å². The maximum absolute atomic E-state index is 4.56. The third kappa shape index (κ3) is 4.68. The zero-order valence-corrected chi connectivity index (χ0v) is 18.0. The van der Waals surface area contributed by atoms with E-state index in [0.717, 1.165) is 26.6 Å². The van der Waals surface area contributed by atoms with Gasteiger partial charge in [-0.05, 0) is 37.1 Å². The van der Waals surface area contributed by atoms with Crippen molar-refractivity contribution in [1.29, 1.82) is 0 Å². The van der Waals surface area contributed by atoms with Crippen molar-refractivity contribution in [2.24, 2.45) is 0 Å². The minimum Gasteiger partial charge on any atom is -0.299 e. The highest BCUT2D eigenvalue weighted by Crippen LogP contribution is 2.35. The summed E-state index contributed by atoms with van der Waals surface area (Å²) in [6.07, 6.45) is 6.29. The number of hydrogen-bond acceptors (Lipinski definition) is 3. The number of aromatic nitrogens is 3. The van der Waals surface area contributed by atoms with Crippen LogP contribution in [0.2, 0.25) is 0 Å². The summed E-state index contributed by atoms with van der Waals surface area (Å²) in [4.78, 5) is 0. The molecule has 3 aromatic rings. The first-order chi connectivity index (χ1) is 13.8. The summed E-state index contributed by atoms with van der Waals surface area (Å²) < 4.78 is 3.43. The molecular weight excluding hydrogens is 430 g/mol. The second-order valence-corrected chi connectivity index (χ2v) is 8.79. The number of rotatable bonds is 4. The standard InChI is InChI=1S/C23H22BrN3S/c24-20-15-13-19(14-16-20)22-25-26-23(27(22)21-11-5-2-6-12-21)28-17-7-10-18-8-3-1-4-9-18/h1,3-4,8-9,13-16,21H,2,5-6,11-12,17H2. The van der Waals surface area contributed by atoms with Gasteiger partial charge in [-0.15, -0.1) is 10.2 Å². The summed E-state index contributed by atoms with van der Waals surface area (Å²) in [6, 6.07) is 18.9. The molecule has 2 aromatic carbocycles. The molecule has 3 nitrogen and oxygen atoms in total. The SMILES string of the molecule is Brc1ccc(-c2nnc(SCC#Cc3ccccc3)n2C2CCCCC2)cc1. The zero-order valence-electron chi connectivity index (χ0n) is 15.6. The third-order valence-electron chi connectivity index (χ3n) is 4.99. The van der Waals surface area contributed by atoms with Gasteiger partial charge in [0.15, 0.2) is 11.0 Å². The Bertz CT molecular complexity index is 965. The van der Waals surface area contributed by atoms with Crippen LogP contribution in [0.1, 0.15) is 43.7 Å². The number of benzene rings is 2. The van der Waals surface area contributed by atoms with Crippen molar-refractivity contribution in [3.05, 3.63) is 64.6 Å². The van der Waals surface area contributed by atoms with E-state index in [1.54, 1.807) is 11.8 Å². The predicted molar refractivity (Wildman–Crippen MR) is 119 cm³/mol. The minimum atomic E-state index is 0.479. The van der Waals surface area contributed by atoms with Gasteiger partial charge in [0.2, 0.25) is 0 Å². The molecule has 1 saturated carbocycles. The van der Waals surface area contributed by atoms with Gasteiger partial charge in [-0.25, -0.2) is 0 Å². The third-order valence-corrected chi connectivity index (χ3v) is 6.34. The molecule has 0 spiro atoms. The van der Waals surface area contributed by atoms with Crippen molar-refractivity contribution >= 4 is 27.7 Å². The van der Waals surface area contributed by atoms with Crippen LogP contribution in [-0.2, 0) is 0 Å². The quantitative estimate of drug-likeness (QED) is 0.341. The predicted octanol–water partition coefficient (Wildman–Crippen LogP) is 6.36. The van der Waals surface area contributed by atoms with E-state index in [4.69, 9.17) is 0 Å². The van der Waals surface area contributed by atoms with Crippen LogP contribution in [0.3, 0.4) is 0 Å². The fraction of sp³-hybridized carbons (Fsp3) is 0.304. The Morgan fingerprint density at radius 1 is 0.964 bits per heavy atom. The van der Waals surface area contributed by atoms with E-state index in [-0.39, 0.29) is 0 Å². The average molecular weight is 452 g/mol.